The molecule has 0 aromatic heterocycles. The van der Waals surface area contributed by atoms with Gasteiger partial charge in [0, 0.05) is 30.8 Å². The van der Waals surface area contributed by atoms with Gasteiger partial charge in [-0.2, -0.15) is 0 Å². The van der Waals surface area contributed by atoms with Crippen molar-refractivity contribution in [3.63, 3.8) is 0 Å². The maximum atomic E-state index is 12.0. The number of rotatable bonds is 2. The van der Waals surface area contributed by atoms with E-state index in [-0.39, 0.29) is 12.5 Å². The number of likely N-dealkylation sites (N-methyl/N-ethyl adjacent to an activating group) is 1. The predicted molar refractivity (Wildman–Crippen MR) is 72.0 cm³/mol. The zero-order valence-corrected chi connectivity index (χ0v) is 11.3. The molecule has 1 aromatic carbocycles. The Morgan fingerprint density at radius 3 is 2.83 bits per heavy atom. The summed E-state index contributed by atoms with van der Waals surface area (Å²) < 4.78 is 0. The van der Waals surface area contributed by atoms with Gasteiger partial charge in [0.1, 0.15) is 6.04 Å². The van der Waals surface area contributed by atoms with Crippen LogP contribution in [0.25, 0.3) is 0 Å². The van der Waals surface area contributed by atoms with E-state index in [1.807, 2.05) is 30.0 Å². The SMILES string of the molecule is Cc1ccc(Cl)cc1N1CCN(C)C(=O)C1CO. The second kappa shape index (κ2) is 5.16. The summed E-state index contributed by atoms with van der Waals surface area (Å²) in [6.07, 6.45) is 0. The number of carbonyl (C=O) groups is 1. The summed E-state index contributed by atoms with van der Waals surface area (Å²) >= 11 is 6.01. The van der Waals surface area contributed by atoms with Gasteiger partial charge in [-0.1, -0.05) is 17.7 Å². The Labute approximate surface area is 112 Å². The largest absolute Gasteiger partial charge is 0.394 e. The number of benzene rings is 1. The van der Waals surface area contributed by atoms with Crippen LogP contribution in [0.3, 0.4) is 0 Å². The van der Waals surface area contributed by atoms with Gasteiger partial charge in [-0.15, -0.1) is 0 Å². The minimum atomic E-state index is -0.513. The van der Waals surface area contributed by atoms with Crippen LogP contribution >= 0.6 is 11.6 Å². The van der Waals surface area contributed by atoms with Crippen LogP contribution in [0.1, 0.15) is 5.56 Å². The van der Waals surface area contributed by atoms with E-state index in [0.29, 0.717) is 18.1 Å². The quantitative estimate of drug-likeness (QED) is 0.879. The van der Waals surface area contributed by atoms with Crippen LogP contribution in [-0.4, -0.2) is 48.7 Å². The number of hydrogen-bond donors (Lipinski definition) is 1. The molecule has 0 saturated carbocycles. The molecule has 1 N–H and O–H groups in total. The molecule has 4 nitrogen and oxygen atoms in total. The molecule has 1 amide bonds. The van der Waals surface area contributed by atoms with Crippen LogP contribution in [0.5, 0.6) is 0 Å². The highest BCUT2D eigenvalue weighted by atomic mass is 35.5. The Bertz CT molecular complexity index is 464. The van der Waals surface area contributed by atoms with Crippen LogP contribution in [-0.2, 0) is 4.79 Å². The molecular weight excluding hydrogens is 252 g/mol. The second-order valence-electron chi connectivity index (χ2n) is 4.58. The van der Waals surface area contributed by atoms with Crippen molar-refractivity contribution in [2.45, 2.75) is 13.0 Å². The molecule has 0 bridgehead atoms. The summed E-state index contributed by atoms with van der Waals surface area (Å²) in [6.45, 7) is 3.15. The van der Waals surface area contributed by atoms with Gasteiger partial charge >= 0.3 is 0 Å². The number of nitrogens with zero attached hydrogens (tertiary/aromatic N) is 2. The van der Waals surface area contributed by atoms with E-state index in [2.05, 4.69) is 0 Å². The molecular formula is C13H17ClN2O2. The highest BCUT2D eigenvalue weighted by molar-refractivity contribution is 6.30. The molecule has 0 aliphatic carbocycles. The summed E-state index contributed by atoms with van der Waals surface area (Å²) in [5, 5.41) is 10.1. The number of aliphatic hydroxyl groups is 1. The van der Waals surface area contributed by atoms with Gasteiger partial charge in [0.05, 0.1) is 6.61 Å². The van der Waals surface area contributed by atoms with Crippen molar-refractivity contribution in [3.05, 3.63) is 28.8 Å². The fraction of sp³-hybridized carbons (Fsp3) is 0.462. The Kier molecular flexibility index (Phi) is 3.78. The summed E-state index contributed by atoms with van der Waals surface area (Å²) in [5.74, 6) is -0.0527. The lowest BCUT2D eigenvalue weighted by Gasteiger charge is -2.40. The molecule has 1 aliphatic rings. The topological polar surface area (TPSA) is 43.8 Å². The van der Waals surface area contributed by atoms with Crippen LogP contribution in [0.4, 0.5) is 5.69 Å². The van der Waals surface area contributed by atoms with Crippen molar-refractivity contribution < 1.29 is 9.90 Å². The molecule has 5 heteroatoms. The summed E-state index contributed by atoms with van der Waals surface area (Å²) in [5.41, 5.74) is 1.97. The zero-order chi connectivity index (χ0) is 13.3. The fourth-order valence-electron chi connectivity index (χ4n) is 2.27. The average molecular weight is 269 g/mol. The first-order valence-electron chi connectivity index (χ1n) is 5.93. The third kappa shape index (κ3) is 2.31. The lowest BCUT2D eigenvalue weighted by atomic mass is 10.1. The number of carbonyl (C=O) groups excluding carboxylic acids is 1. The van der Waals surface area contributed by atoms with Crippen molar-refractivity contribution in [3.8, 4) is 0 Å². The Hall–Kier alpha value is -1.26. The Morgan fingerprint density at radius 2 is 2.17 bits per heavy atom. The average Bonchev–Trinajstić information content (AvgIpc) is 2.35. The highest BCUT2D eigenvalue weighted by Crippen LogP contribution is 2.27. The maximum absolute atomic E-state index is 12.0. The molecule has 1 aliphatic heterocycles. The fourth-order valence-corrected chi connectivity index (χ4v) is 2.43. The molecule has 1 saturated heterocycles. The normalized spacial score (nSPS) is 20.4. The van der Waals surface area contributed by atoms with Crippen molar-refractivity contribution >= 4 is 23.2 Å². The molecule has 1 atom stereocenters. The molecule has 0 spiro atoms. The van der Waals surface area contributed by atoms with Gasteiger partial charge in [0.15, 0.2) is 0 Å². The van der Waals surface area contributed by atoms with Crippen LogP contribution in [0.2, 0.25) is 5.02 Å². The molecule has 1 heterocycles. The molecule has 1 aromatic rings. The number of hydrogen-bond acceptors (Lipinski definition) is 3. The minimum Gasteiger partial charge on any atom is -0.394 e. The molecule has 1 unspecified atom stereocenters. The zero-order valence-electron chi connectivity index (χ0n) is 10.6. The first-order valence-corrected chi connectivity index (χ1v) is 6.31. The first-order chi connectivity index (χ1) is 8.54. The van der Waals surface area contributed by atoms with Crippen LogP contribution < -0.4 is 4.90 Å². The van der Waals surface area contributed by atoms with Gasteiger partial charge in [-0.05, 0) is 24.6 Å². The van der Waals surface area contributed by atoms with E-state index in [0.717, 1.165) is 11.3 Å². The third-order valence-corrected chi connectivity index (χ3v) is 3.60. The molecule has 2 rings (SSSR count). The van der Waals surface area contributed by atoms with E-state index in [4.69, 9.17) is 11.6 Å². The summed E-state index contributed by atoms with van der Waals surface area (Å²) in [7, 11) is 1.76. The van der Waals surface area contributed by atoms with E-state index in [1.165, 1.54) is 0 Å². The number of halogens is 1. The van der Waals surface area contributed by atoms with Crippen LogP contribution in [0, 0.1) is 6.92 Å². The number of piperazine rings is 1. The monoisotopic (exact) mass is 268 g/mol. The van der Waals surface area contributed by atoms with Crippen LogP contribution in [0.15, 0.2) is 18.2 Å². The van der Waals surface area contributed by atoms with E-state index < -0.39 is 6.04 Å². The lowest BCUT2D eigenvalue weighted by Crippen LogP contribution is -2.57. The maximum Gasteiger partial charge on any atom is 0.247 e. The van der Waals surface area contributed by atoms with Gasteiger partial charge < -0.3 is 14.9 Å². The Balaban J connectivity index is 2.36. The molecule has 0 radical (unpaired) electrons. The number of aliphatic hydroxyl groups excluding tert-OH is 1. The van der Waals surface area contributed by atoms with Gasteiger partial charge in [-0.25, -0.2) is 0 Å². The second-order valence-corrected chi connectivity index (χ2v) is 5.02. The predicted octanol–water partition coefficient (Wildman–Crippen LogP) is 1.29. The smallest absolute Gasteiger partial charge is 0.247 e. The van der Waals surface area contributed by atoms with Crippen molar-refractivity contribution in [2.75, 3.05) is 31.6 Å². The molecule has 98 valence electrons. The van der Waals surface area contributed by atoms with Crippen molar-refractivity contribution in [1.29, 1.82) is 0 Å². The minimum absolute atomic E-state index is 0.0527. The molecule has 1 fully saturated rings. The third-order valence-electron chi connectivity index (χ3n) is 3.37. The van der Waals surface area contributed by atoms with Crippen molar-refractivity contribution in [2.24, 2.45) is 0 Å². The molecule has 18 heavy (non-hydrogen) atoms. The first kappa shape index (κ1) is 13.2. The summed E-state index contributed by atoms with van der Waals surface area (Å²) in [4.78, 5) is 15.6. The van der Waals surface area contributed by atoms with E-state index in [1.54, 1.807) is 11.9 Å². The van der Waals surface area contributed by atoms with Gasteiger partial charge in [0.25, 0.3) is 0 Å². The number of anilines is 1. The van der Waals surface area contributed by atoms with Crippen molar-refractivity contribution in [1.82, 2.24) is 4.90 Å². The Morgan fingerprint density at radius 1 is 1.44 bits per heavy atom. The van der Waals surface area contributed by atoms with E-state index >= 15 is 0 Å². The number of amides is 1. The lowest BCUT2D eigenvalue weighted by molar-refractivity contribution is -0.133. The highest BCUT2D eigenvalue weighted by Gasteiger charge is 2.33. The van der Waals surface area contributed by atoms with E-state index in [9.17, 15) is 9.90 Å². The standard InChI is InChI=1S/C13H17ClN2O2/c1-9-3-4-10(14)7-11(9)16-6-5-15(2)13(18)12(16)8-17/h3-4,7,12,17H,5-6,8H2,1-2H3. The van der Waals surface area contributed by atoms with Gasteiger partial charge in [-0.3, -0.25) is 4.79 Å². The number of aryl methyl sites for hydroxylation is 1. The summed E-state index contributed by atoms with van der Waals surface area (Å²) in [6, 6.07) is 5.08. The van der Waals surface area contributed by atoms with Gasteiger partial charge in [0.2, 0.25) is 5.91 Å².